The standard InChI is InChI=1S/C14H15N3O2/c1-9-6-14(7-9,8-15)13(19)17-11-5-3-2-4-10(11)12(16)18/h2-5,9H,6-7H2,1H3,(H2,16,18)(H,17,19). The summed E-state index contributed by atoms with van der Waals surface area (Å²) in [6, 6.07) is 8.60. The van der Waals surface area contributed by atoms with Gasteiger partial charge in [0.05, 0.1) is 17.3 Å². The lowest BCUT2D eigenvalue weighted by atomic mass is 9.63. The summed E-state index contributed by atoms with van der Waals surface area (Å²) in [4.78, 5) is 23.4. The van der Waals surface area contributed by atoms with Crippen LogP contribution in [0.1, 0.15) is 30.1 Å². The zero-order valence-corrected chi connectivity index (χ0v) is 10.6. The molecular weight excluding hydrogens is 242 g/mol. The minimum atomic E-state index is -0.968. The molecule has 19 heavy (non-hydrogen) atoms. The van der Waals surface area contributed by atoms with Gasteiger partial charge < -0.3 is 11.1 Å². The Balaban J connectivity index is 2.21. The number of hydrogen-bond acceptors (Lipinski definition) is 3. The van der Waals surface area contributed by atoms with Crippen molar-refractivity contribution in [2.75, 3.05) is 5.32 Å². The number of nitrogens with two attached hydrogens (primary N) is 1. The number of nitrogens with one attached hydrogen (secondary N) is 1. The molecule has 0 heterocycles. The Morgan fingerprint density at radius 3 is 2.58 bits per heavy atom. The number of carbonyl (C=O) groups excluding carboxylic acids is 2. The number of nitriles is 1. The van der Waals surface area contributed by atoms with Gasteiger partial charge in [0.2, 0.25) is 5.91 Å². The van der Waals surface area contributed by atoms with Crippen molar-refractivity contribution in [2.45, 2.75) is 19.8 Å². The summed E-state index contributed by atoms with van der Waals surface area (Å²) < 4.78 is 0. The monoisotopic (exact) mass is 257 g/mol. The second kappa shape index (κ2) is 4.73. The van der Waals surface area contributed by atoms with Gasteiger partial charge in [-0.15, -0.1) is 0 Å². The van der Waals surface area contributed by atoms with Crippen molar-refractivity contribution in [3.05, 3.63) is 29.8 Å². The summed E-state index contributed by atoms with van der Waals surface area (Å²) in [5.74, 6) is -0.595. The van der Waals surface area contributed by atoms with Gasteiger partial charge in [0, 0.05) is 0 Å². The van der Waals surface area contributed by atoms with E-state index >= 15 is 0 Å². The van der Waals surface area contributed by atoms with Crippen LogP contribution in [0.5, 0.6) is 0 Å². The van der Waals surface area contributed by atoms with Crippen molar-refractivity contribution in [2.24, 2.45) is 17.1 Å². The second-order valence-electron chi connectivity index (χ2n) is 5.07. The zero-order valence-electron chi connectivity index (χ0n) is 10.6. The van der Waals surface area contributed by atoms with Gasteiger partial charge in [0.25, 0.3) is 5.91 Å². The molecule has 1 aromatic rings. The number of carbonyl (C=O) groups is 2. The highest BCUT2D eigenvalue weighted by atomic mass is 16.2. The van der Waals surface area contributed by atoms with Crippen LogP contribution in [0.15, 0.2) is 24.3 Å². The van der Waals surface area contributed by atoms with Crippen molar-refractivity contribution >= 4 is 17.5 Å². The molecule has 5 nitrogen and oxygen atoms in total. The van der Waals surface area contributed by atoms with E-state index in [-0.39, 0.29) is 11.5 Å². The minimum absolute atomic E-state index is 0.247. The first-order valence-electron chi connectivity index (χ1n) is 6.10. The van der Waals surface area contributed by atoms with E-state index in [0.717, 1.165) is 0 Å². The number of primary amides is 1. The summed E-state index contributed by atoms with van der Waals surface area (Å²) in [7, 11) is 0. The molecule has 1 aromatic carbocycles. The van der Waals surface area contributed by atoms with Crippen molar-refractivity contribution < 1.29 is 9.59 Å². The summed E-state index contributed by atoms with van der Waals surface area (Å²) in [6.07, 6.45) is 1.10. The van der Waals surface area contributed by atoms with Crippen LogP contribution in [0, 0.1) is 22.7 Å². The fourth-order valence-electron chi connectivity index (χ4n) is 2.51. The molecule has 1 aliphatic carbocycles. The average molecular weight is 257 g/mol. The topological polar surface area (TPSA) is 96.0 Å². The Kier molecular flexibility index (Phi) is 3.26. The van der Waals surface area contributed by atoms with Crippen molar-refractivity contribution in [3.8, 4) is 6.07 Å². The predicted molar refractivity (Wildman–Crippen MR) is 70.0 cm³/mol. The Labute approximate surface area is 111 Å². The molecule has 2 amide bonds. The van der Waals surface area contributed by atoms with Crippen LogP contribution in [-0.2, 0) is 4.79 Å². The molecule has 98 valence electrons. The highest BCUT2D eigenvalue weighted by Crippen LogP contribution is 2.45. The van der Waals surface area contributed by atoms with Crippen LogP contribution in [0.2, 0.25) is 0 Å². The molecule has 0 aliphatic heterocycles. The number of amides is 2. The molecule has 5 heteroatoms. The first kappa shape index (κ1) is 13.1. The molecule has 1 saturated carbocycles. The molecule has 0 aromatic heterocycles. The van der Waals surface area contributed by atoms with E-state index in [2.05, 4.69) is 11.4 Å². The quantitative estimate of drug-likeness (QED) is 0.861. The number of benzene rings is 1. The molecule has 2 rings (SSSR count). The molecular formula is C14H15N3O2. The third-order valence-corrected chi connectivity index (χ3v) is 3.48. The van der Waals surface area contributed by atoms with Gasteiger partial charge in [-0.25, -0.2) is 0 Å². The summed E-state index contributed by atoms with van der Waals surface area (Å²) in [6.45, 7) is 2.00. The van der Waals surface area contributed by atoms with Crippen LogP contribution < -0.4 is 11.1 Å². The smallest absolute Gasteiger partial charge is 0.250 e. The molecule has 1 aliphatic rings. The van der Waals surface area contributed by atoms with Crippen LogP contribution in [-0.4, -0.2) is 11.8 Å². The highest BCUT2D eigenvalue weighted by molar-refractivity contribution is 6.05. The van der Waals surface area contributed by atoms with E-state index in [0.29, 0.717) is 24.4 Å². The third-order valence-electron chi connectivity index (χ3n) is 3.48. The lowest BCUT2D eigenvalue weighted by molar-refractivity contribution is -0.128. The number of rotatable bonds is 3. The van der Waals surface area contributed by atoms with Crippen molar-refractivity contribution in [3.63, 3.8) is 0 Å². The second-order valence-corrected chi connectivity index (χ2v) is 5.07. The maximum atomic E-state index is 12.2. The fourth-order valence-corrected chi connectivity index (χ4v) is 2.51. The van der Waals surface area contributed by atoms with Gasteiger partial charge in [-0.1, -0.05) is 19.1 Å². The highest BCUT2D eigenvalue weighted by Gasteiger charge is 2.49. The third kappa shape index (κ3) is 2.29. The van der Waals surface area contributed by atoms with E-state index in [1.165, 1.54) is 0 Å². The lowest BCUT2D eigenvalue weighted by Gasteiger charge is -2.39. The van der Waals surface area contributed by atoms with Crippen LogP contribution in [0.4, 0.5) is 5.69 Å². The van der Waals surface area contributed by atoms with Crippen LogP contribution >= 0.6 is 0 Å². The lowest BCUT2D eigenvalue weighted by Crippen LogP contribution is -2.45. The first-order chi connectivity index (χ1) is 8.98. The van der Waals surface area contributed by atoms with E-state index in [1.807, 2.05) is 6.92 Å². The average Bonchev–Trinajstić information content (AvgIpc) is 2.35. The van der Waals surface area contributed by atoms with E-state index in [9.17, 15) is 14.9 Å². The molecule has 0 unspecified atom stereocenters. The largest absolute Gasteiger partial charge is 0.366 e. The number of hydrogen-bond donors (Lipinski definition) is 2. The minimum Gasteiger partial charge on any atom is -0.366 e. The Bertz CT molecular complexity index is 568. The molecule has 0 bridgehead atoms. The Morgan fingerprint density at radius 1 is 1.42 bits per heavy atom. The Hall–Kier alpha value is -2.35. The van der Waals surface area contributed by atoms with E-state index in [1.54, 1.807) is 24.3 Å². The summed E-state index contributed by atoms with van der Waals surface area (Å²) in [5, 5.41) is 11.8. The Morgan fingerprint density at radius 2 is 2.05 bits per heavy atom. The first-order valence-corrected chi connectivity index (χ1v) is 6.10. The number of nitrogens with zero attached hydrogens (tertiary/aromatic N) is 1. The van der Waals surface area contributed by atoms with Gasteiger partial charge >= 0.3 is 0 Å². The predicted octanol–water partition coefficient (Wildman–Crippen LogP) is 1.66. The van der Waals surface area contributed by atoms with Gasteiger partial charge in [0.15, 0.2) is 0 Å². The van der Waals surface area contributed by atoms with Crippen LogP contribution in [0.3, 0.4) is 0 Å². The normalized spacial score (nSPS) is 24.9. The maximum absolute atomic E-state index is 12.2. The van der Waals surface area contributed by atoms with E-state index < -0.39 is 11.3 Å². The molecule has 1 fully saturated rings. The van der Waals surface area contributed by atoms with Crippen LogP contribution in [0.25, 0.3) is 0 Å². The van der Waals surface area contributed by atoms with Crippen molar-refractivity contribution in [1.29, 1.82) is 5.26 Å². The van der Waals surface area contributed by atoms with Crippen molar-refractivity contribution in [1.82, 2.24) is 0 Å². The molecule has 0 radical (unpaired) electrons. The summed E-state index contributed by atoms with van der Waals surface area (Å²) >= 11 is 0. The maximum Gasteiger partial charge on any atom is 0.250 e. The van der Waals surface area contributed by atoms with Gasteiger partial charge in [-0.2, -0.15) is 5.26 Å². The molecule has 0 saturated heterocycles. The van der Waals surface area contributed by atoms with Gasteiger partial charge in [-0.3, -0.25) is 9.59 Å². The van der Waals surface area contributed by atoms with E-state index in [4.69, 9.17) is 5.73 Å². The SMILES string of the molecule is CC1CC(C#N)(C(=O)Nc2ccccc2C(N)=O)C1. The fraction of sp³-hybridized carbons (Fsp3) is 0.357. The molecule has 0 spiro atoms. The zero-order chi connectivity index (χ0) is 14.0. The molecule has 3 N–H and O–H groups in total. The van der Waals surface area contributed by atoms with Gasteiger partial charge in [0.1, 0.15) is 5.41 Å². The summed E-state index contributed by atoms with van der Waals surface area (Å²) in [5.41, 5.74) is 4.88. The number of anilines is 1. The number of para-hydroxylation sites is 1. The molecule has 0 atom stereocenters. The van der Waals surface area contributed by atoms with Gasteiger partial charge in [-0.05, 0) is 30.9 Å².